The molecule has 0 N–H and O–H groups in total. The summed E-state index contributed by atoms with van der Waals surface area (Å²) in [6.07, 6.45) is 54.6. The number of unbranched alkanes of at least 4 members (excludes halogenated alkanes) is 29. The van der Waals surface area contributed by atoms with Crippen LogP contribution in [-0.2, 0) is 32.7 Å². The van der Waals surface area contributed by atoms with Crippen LogP contribution < -0.4 is 4.89 Å². The minimum Gasteiger partial charge on any atom is -0.756 e. The van der Waals surface area contributed by atoms with E-state index >= 15 is 0 Å². The van der Waals surface area contributed by atoms with Gasteiger partial charge in [-0.3, -0.25) is 14.2 Å². The van der Waals surface area contributed by atoms with Crippen molar-refractivity contribution in [3.63, 3.8) is 0 Å². The quantitative estimate of drug-likeness (QED) is 0.0195. The molecule has 0 aliphatic carbocycles. The second kappa shape index (κ2) is 46.3. The van der Waals surface area contributed by atoms with Crippen LogP contribution in [0.15, 0.2) is 36.5 Å². The van der Waals surface area contributed by atoms with Crippen LogP contribution in [0.3, 0.4) is 0 Å². The summed E-state index contributed by atoms with van der Waals surface area (Å²) in [4.78, 5) is 37.8. The highest BCUT2D eigenvalue weighted by Crippen LogP contribution is 2.38. The van der Waals surface area contributed by atoms with Crippen molar-refractivity contribution in [1.29, 1.82) is 0 Å². The van der Waals surface area contributed by atoms with Crippen molar-refractivity contribution >= 4 is 19.8 Å². The Kier molecular flexibility index (Phi) is 45.1. The fourth-order valence-electron chi connectivity index (χ4n) is 7.45. The van der Waals surface area contributed by atoms with Crippen molar-refractivity contribution in [2.24, 2.45) is 0 Å². The van der Waals surface area contributed by atoms with Gasteiger partial charge in [-0.15, -0.1) is 0 Å². The largest absolute Gasteiger partial charge is 0.756 e. The number of phosphoric ester groups is 1. The minimum atomic E-state index is -4.63. The summed E-state index contributed by atoms with van der Waals surface area (Å²) >= 11 is 0. The number of carbonyl (C=O) groups excluding carboxylic acids is 2. The summed E-state index contributed by atoms with van der Waals surface area (Å²) < 4.78 is 34.1. The van der Waals surface area contributed by atoms with Gasteiger partial charge in [0.25, 0.3) is 7.82 Å². The molecule has 0 rings (SSSR count). The molecule has 0 aliphatic heterocycles. The third-order valence-electron chi connectivity index (χ3n) is 11.6. The van der Waals surface area contributed by atoms with E-state index in [0.29, 0.717) is 17.4 Å². The highest BCUT2D eigenvalue weighted by atomic mass is 31.2. The SMILES string of the molecule is CCCCCCC/C=C\C/C=C\CCCCCCCCCCCCCC(=O)OC(COC(=O)CCCCCCCCC/C=C\CCCCCCCC)COP(=O)([O-])OCC[N+](C)(C)C. The van der Waals surface area contributed by atoms with Crippen molar-refractivity contribution in [2.75, 3.05) is 47.5 Å². The number of hydrogen-bond acceptors (Lipinski definition) is 8. The number of phosphoric acid groups is 1. The Hall–Kier alpha value is -1.77. The van der Waals surface area contributed by atoms with Crippen molar-refractivity contribution in [3.8, 4) is 0 Å². The molecule has 0 saturated carbocycles. The van der Waals surface area contributed by atoms with Gasteiger partial charge < -0.3 is 27.9 Å². The Balaban J connectivity index is 4.22. The molecule has 0 heterocycles. The van der Waals surface area contributed by atoms with Crippen LogP contribution in [0.2, 0.25) is 0 Å². The first-order valence-electron chi connectivity index (χ1n) is 26.7. The van der Waals surface area contributed by atoms with Crippen molar-refractivity contribution < 1.29 is 42.1 Å². The van der Waals surface area contributed by atoms with Crippen molar-refractivity contribution in [3.05, 3.63) is 36.5 Å². The Morgan fingerprint density at radius 3 is 1.25 bits per heavy atom. The summed E-state index contributed by atoms with van der Waals surface area (Å²) in [5, 5.41) is 0. The molecule has 0 bridgehead atoms. The van der Waals surface area contributed by atoms with Crippen LogP contribution >= 0.6 is 7.82 Å². The summed E-state index contributed by atoms with van der Waals surface area (Å²) in [6, 6.07) is 0. The Bertz CT molecular complexity index is 1180. The van der Waals surface area contributed by atoms with E-state index in [2.05, 4.69) is 50.3 Å². The maximum atomic E-state index is 12.8. The maximum absolute atomic E-state index is 12.8. The molecule has 0 spiro atoms. The third-order valence-corrected chi connectivity index (χ3v) is 12.6. The van der Waals surface area contributed by atoms with Crippen LogP contribution in [0.25, 0.3) is 0 Å². The highest BCUT2D eigenvalue weighted by Gasteiger charge is 2.21. The fourth-order valence-corrected chi connectivity index (χ4v) is 8.17. The van der Waals surface area contributed by atoms with Crippen LogP contribution in [0.4, 0.5) is 0 Å². The molecule has 0 aliphatic rings. The standard InChI is InChI=1S/C54H102NO8P/c1-6-8-10-12-14-16-18-20-22-24-25-26-27-28-29-31-33-35-37-39-41-43-45-47-54(57)63-52(51-62-64(58,59)61-49-48-55(3,4)5)50-60-53(56)46-44-42-40-38-36-34-32-30-23-21-19-17-15-13-11-9-7-2/h18,20-21,23-25,52H,6-17,19,22,26-51H2,1-5H3/b20-18-,23-21-,25-24-. The second-order valence-electron chi connectivity index (χ2n) is 19.2. The lowest BCUT2D eigenvalue weighted by molar-refractivity contribution is -0.870. The molecular formula is C54H102NO8P. The summed E-state index contributed by atoms with van der Waals surface area (Å²) in [5.41, 5.74) is 0. The zero-order valence-corrected chi connectivity index (χ0v) is 43.4. The summed E-state index contributed by atoms with van der Waals surface area (Å²) in [6.45, 7) is 4.24. The van der Waals surface area contributed by atoms with Crippen LogP contribution in [0, 0.1) is 0 Å². The molecule has 10 heteroatoms. The van der Waals surface area contributed by atoms with Gasteiger partial charge in [0.1, 0.15) is 19.8 Å². The number of hydrogen-bond donors (Lipinski definition) is 0. The number of likely N-dealkylation sites (N-methyl/N-ethyl adjacent to an activating group) is 1. The molecule has 2 unspecified atom stereocenters. The minimum absolute atomic E-state index is 0.0313. The lowest BCUT2D eigenvalue weighted by Crippen LogP contribution is -2.37. The van der Waals surface area contributed by atoms with E-state index in [1.807, 2.05) is 21.1 Å². The van der Waals surface area contributed by atoms with Gasteiger partial charge in [-0.25, -0.2) is 0 Å². The van der Waals surface area contributed by atoms with E-state index in [0.717, 1.165) is 57.8 Å². The highest BCUT2D eigenvalue weighted by molar-refractivity contribution is 7.45. The summed E-state index contributed by atoms with van der Waals surface area (Å²) in [5.74, 6) is -0.833. The second-order valence-corrected chi connectivity index (χ2v) is 20.6. The van der Waals surface area contributed by atoms with Gasteiger partial charge in [0.15, 0.2) is 6.10 Å². The number of quaternary nitrogens is 1. The monoisotopic (exact) mass is 924 g/mol. The zero-order valence-electron chi connectivity index (χ0n) is 42.5. The van der Waals surface area contributed by atoms with E-state index in [-0.39, 0.29) is 32.0 Å². The number of ether oxygens (including phenoxy) is 2. The molecule has 0 aromatic carbocycles. The van der Waals surface area contributed by atoms with Crippen molar-refractivity contribution in [2.45, 2.75) is 251 Å². The molecule has 64 heavy (non-hydrogen) atoms. The molecule has 0 radical (unpaired) electrons. The van der Waals surface area contributed by atoms with Gasteiger partial charge in [-0.1, -0.05) is 198 Å². The molecule has 376 valence electrons. The first-order valence-corrected chi connectivity index (χ1v) is 28.2. The predicted octanol–water partition coefficient (Wildman–Crippen LogP) is 15.4. The third kappa shape index (κ3) is 49.7. The number of carbonyl (C=O) groups is 2. The fraction of sp³-hybridized carbons (Fsp3) is 0.852. The van der Waals surface area contributed by atoms with E-state index in [1.165, 1.54) is 154 Å². The normalized spacial score (nSPS) is 13.7. The lowest BCUT2D eigenvalue weighted by atomic mass is 10.0. The van der Waals surface area contributed by atoms with Crippen LogP contribution in [-0.4, -0.2) is 70.0 Å². The van der Waals surface area contributed by atoms with Gasteiger partial charge in [-0.05, 0) is 70.6 Å². The number of allylic oxidation sites excluding steroid dienone is 6. The predicted molar refractivity (Wildman–Crippen MR) is 268 cm³/mol. The van der Waals surface area contributed by atoms with E-state index < -0.39 is 26.5 Å². The van der Waals surface area contributed by atoms with Crippen LogP contribution in [0.1, 0.15) is 245 Å². The van der Waals surface area contributed by atoms with Gasteiger partial charge >= 0.3 is 11.9 Å². The van der Waals surface area contributed by atoms with E-state index in [4.69, 9.17) is 18.5 Å². The summed E-state index contributed by atoms with van der Waals surface area (Å²) in [7, 11) is 1.17. The van der Waals surface area contributed by atoms with Gasteiger partial charge in [0.2, 0.25) is 0 Å². The molecular weight excluding hydrogens is 822 g/mol. The molecule has 0 amide bonds. The van der Waals surface area contributed by atoms with Gasteiger partial charge in [0, 0.05) is 12.8 Å². The number of rotatable bonds is 49. The first kappa shape index (κ1) is 62.2. The van der Waals surface area contributed by atoms with E-state index in [1.54, 1.807) is 0 Å². The topological polar surface area (TPSA) is 111 Å². The molecule has 9 nitrogen and oxygen atoms in total. The molecule has 2 atom stereocenters. The van der Waals surface area contributed by atoms with Gasteiger partial charge in [-0.2, -0.15) is 0 Å². The van der Waals surface area contributed by atoms with Crippen LogP contribution in [0.5, 0.6) is 0 Å². The smallest absolute Gasteiger partial charge is 0.306 e. The average molecular weight is 924 g/mol. The Labute approximate surface area is 395 Å². The average Bonchev–Trinajstić information content (AvgIpc) is 3.25. The molecule has 0 fully saturated rings. The Morgan fingerprint density at radius 2 is 0.844 bits per heavy atom. The Morgan fingerprint density at radius 1 is 0.484 bits per heavy atom. The van der Waals surface area contributed by atoms with Crippen molar-refractivity contribution in [1.82, 2.24) is 0 Å². The van der Waals surface area contributed by atoms with Gasteiger partial charge in [0.05, 0.1) is 27.7 Å². The molecule has 0 saturated heterocycles. The maximum Gasteiger partial charge on any atom is 0.306 e. The molecule has 0 aromatic rings. The van der Waals surface area contributed by atoms with E-state index in [9.17, 15) is 19.0 Å². The first-order chi connectivity index (χ1) is 31.0. The zero-order chi connectivity index (χ0) is 47.1. The number of esters is 2. The molecule has 0 aromatic heterocycles. The number of nitrogens with zero attached hydrogens (tertiary/aromatic N) is 1. The lowest BCUT2D eigenvalue weighted by Gasteiger charge is -2.28.